The fraction of sp³-hybridized carbons (Fsp3) is 0.125. The molecule has 23 heavy (non-hydrogen) atoms. The fourth-order valence-corrected chi connectivity index (χ4v) is 2.36. The second kappa shape index (κ2) is 6.18. The van der Waals surface area contributed by atoms with Gasteiger partial charge in [-0.25, -0.2) is 4.98 Å². The first kappa shape index (κ1) is 15.2. The first-order valence-corrected chi connectivity index (χ1v) is 7.34. The highest BCUT2D eigenvalue weighted by Gasteiger charge is 2.08. The van der Waals surface area contributed by atoms with Crippen molar-refractivity contribution in [1.82, 2.24) is 9.38 Å². The molecular formula is C16H14ClN5O. The van der Waals surface area contributed by atoms with Gasteiger partial charge in [-0.05, 0) is 37.3 Å². The zero-order valence-electron chi connectivity index (χ0n) is 12.6. The number of anilines is 1. The molecule has 116 valence electrons. The number of nitrogens with zero attached hydrogens (tertiary/aromatic N) is 4. The molecule has 0 aliphatic rings. The number of rotatable bonds is 3. The number of amides is 1. The lowest BCUT2D eigenvalue weighted by Crippen LogP contribution is -2.04. The van der Waals surface area contributed by atoms with E-state index in [0.717, 1.165) is 11.3 Å². The molecule has 2 heterocycles. The van der Waals surface area contributed by atoms with Crippen LogP contribution in [0.2, 0.25) is 5.02 Å². The summed E-state index contributed by atoms with van der Waals surface area (Å²) in [5.41, 5.74) is 2.82. The van der Waals surface area contributed by atoms with Crippen LogP contribution in [0.1, 0.15) is 12.6 Å². The van der Waals surface area contributed by atoms with E-state index in [0.29, 0.717) is 22.2 Å². The van der Waals surface area contributed by atoms with Gasteiger partial charge >= 0.3 is 0 Å². The highest BCUT2D eigenvalue weighted by molar-refractivity contribution is 6.30. The minimum absolute atomic E-state index is 0.133. The highest BCUT2D eigenvalue weighted by atomic mass is 35.5. The van der Waals surface area contributed by atoms with Crippen molar-refractivity contribution >= 4 is 40.3 Å². The predicted molar refractivity (Wildman–Crippen MR) is 89.9 cm³/mol. The summed E-state index contributed by atoms with van der Waals surface area (Å²) in [6.07, 6.45) is 1.75. The number of hydrogen-bond acceptors (Lipinski definition) is 4. The number of fused-ring (bicyclic) bond motifs is 1. The third-order valence-corrected chi connectivity index (χ3v) is 3.38. The number of azo groups is 1. The van der Waals surface area contributed by atoms with Crippen molar-refractivity contribution in [3.05, 3.63) is 53.3 Å². The van der Waals surface area contributed by atoms with Crippen LogP contribution in [0.3, 0.4) is 0 Å². The molecule has 0 fully saturated rings. The first-order chi connectivity index (χ1) is 11.0. The Morgan fingerprint density at radius 1 is 1.26 bits per heavy atom. The molecule has 3 aromatic rings. The molecule has 0 atom stereocenters. The minimum Gasteiger partial charge on any atom is -0.326 e. The molecule has 0 aliphatic heterocycles. The SMILES string of the molecule is CC(=O)Nc1cccc(N=Nc2c(C)nc3ccc(Cl)cn23)c1. The number of benzene rings is 1. The molecule has 3 rings (SSSR count). The van der Waals surface area contributed by atoms with Crippen LogP contribution >= 0.6 is 11.6 Å². The van der Waals surface area contributed by atoms with Crippen LogP contribution in [0.15, 0.2) is 52.8 Å². The number of hydrogen-bond donors (Lipinski definition) is 1. The summed E-state index contributed by atoms with van der Waals surface area (Å²) in [6.45, 7) is 3.32. The highest BCUT2D eigenvalue weighted by Crippen LogP contribution is 2.26. The number of nitrogens with one attached hydrogen (secondary N) is 1. The summed E-state index contributed by atoms with van der Waals surface area (Å²) >= 11 is 6.03. The van der Waals surface area contributed by atoms with E-state index in [1.54, 1.807) is 40.9 Å². The van der Waals surface area contributed by atoms with Crippen LogP contribution < -0.4 is 5.32 Å². The van der Waals surface area contributed by atoms with Crippen LogP contribution in [-0.2, 0) is 4.79 Å². The van der Waals surface area contributed by atoms with Gasteiger partial charge in [0.05, 0.1) is 16.4 Å². The van der Waals surface area contributed by atoms with Gasteiger partial charge in [0.2, 0.25) is 5.91 Å². The molecule has 0 saturated carbocycles. The van der Waals surface area contributed by atoms with Crippen LogP contribution in [0.25, 0.3) is 5.65 Å². The van der Waals surface area contributed by atoms with Crippen molar-refractivity contribution in [3.63, 3.8) is 0 Å². The van der Waals surface area contributed by atoms with Gasteiger partial charge in [0.1, 0.15) is 5.65 Å². The third-order valence-electron chi connectivity index (χ3n) is 3.15. The molecule has 0 radical (unpaired) electrons. The van der Waals surface area contributed by atoms with Gasteiger partial charge in [0.15, 0.2) is 5.82 Å². The molecule has 0 unspecified atom stereocenters. The van der Waals surface area contributed by atoms with E-state index in [-0.39, 0.29) is 5.91 Å². The molecule has 1 N–H and O–H groups in total. The lowest BCUT2D eigenvalue weighted by Gasteiger charge is -2.02. The molecule has 0 aliphatic carbocycles. The average molecular weight is 328 g/mol. The number of carbonyl (C=O) groups excluding carboxylic acids is 1. The molecule has 7 heteroatoms. The van der Waals surface area contributed by atoms with Crippen LogP contribution in [0, 0.1) is 6.92 Å². The Morgan fingerprint density at radius 2 is 2.09 bits per heavy atom. The number of imidazole rings is 1. The summed E-state index contributed by atoms with van der Waals surface area (Å²) in [6, 6.07) is 10.8. The quantitative estimate of drug-likeness (QED) is 0.710. The van der Waals surface area contributed by atoms with Crippen molar-refractivity contribution in [2.45, 2.75) is 13.8 Å². The van der Waals surface area contributed by atoms with E-state index in [4.69, 9.17) is 11.6 Å². The van der Waals surface area contributed by atoms with E-state index in [2.05, 4.69) is 20.5 Å². The molecule has 1 amide bonds. The van der Waals surface area contributed by atoms with E-state index in [9.17, 15) is 4.79 Å². The zero-order chi connectivity index (χ0) is 16.4. The normalized spacial score (nSPS) is 11.3. The number of halogens is 1. The molecule has 0 saturated heterocycles. The molecule has 6 nitrogen and oxygen atoms in total. The maximum Gasteiger partial charge on any atom is 0.221 e. The van der Waals surface area contributed by atoms with Crippen molar-refractivity contribution < 1.29 is 4.79 Å². The van der Waals surface area contributed by atoms with Crippen LogP contribution in [0.4, 0.5) is 17.2 Å². The smallest absolute Gasteiger partial charge is 0.221 e. The average Bonchev–Trinajstić information content (AvgIpc) is 2.80. The third kappa shape index (κ3) is 3.37. The molecule has 0 spiro atoms. The Labute approximate surface area is 137 Å². The van der Waals surface area contributed by atoms with Gasteiger partial charge in [-0.1, -0.05) is 17.7 Å². The lowest BCUT2D eigenvalue weighted by molar-refractivity contribution is -0.114. The summed E-state index contributed by atoms with van der Waals surface area (Å²) in [5.74, 6) is 0.485. The zero-order valence-corrected chi connectivity index (χ0v) is 13.4. The molecule has 0 bridgehead atoms. The molecule has 1 aromatic carbocycles. The molecular weight excluding hydrogens is 314 g/mol. The summed E-state index contributed by atoms with van der Waals surface area (Å²) in [5, 5.41) is 11.8. The van der Waals surface area contributed by atoms with Crippen molar-refractivity contribution in [1.29, 1.82) is 0 Å². The second-order valence-corrected chi connectivity index (χ2v) is 5.46. The predicted octanol–water partition coefficient (Wildman–Crippen LogP) is 4.67. The first-order valence-electron chi connectivity index (χ1n) is 6.96. The van der Waals surface area contributed by atoms with Gasteiger partial charge in [-0.3, -0.25) is 9.20 Å². The largest absolute Gasteiger partial charge is 0.326 e. The fourth-order valence-electron chi connectivity index (χ4n) is 2.20. The Kier molecular flexibility index (Phi) is 4.08. The maximum atomic E-state index is 11.1. The van der Waals surface area contributed by atoms with E-state index < -0.39 is 0 Å². The van der Waals surface area contributed by atoms with Crippen molar-refractivity contribution in [2.75, 3.05) is 5.32 Å². The van der Waals surface area contributed by atoms with Gasteiger partial charge in [0, 0.05) is 18.8 Å². The number of pyridine rings is 1. The Morgan fingerprint density at radius 3 is 2.87 bits per heavy atom. The number of aryl methyl sites for hydroxylation is 1. The topological polar surface area (TPSA) is 71.1 Å². The summed E-state index contributed by atoms with van der Waals surface area (Å²) in [4.78, 5) is 15.5. The second-order valence-electron chi connectivity index (χ2n) is 5.03. The Hall–Kier alpha value is -2.73. The minimum atomic E-state index is -0.133. The Balaban J connectivity index is 1.95. The van der Waals surface area contributed by atoms with E-state index >= 15 is 0 Å². The Bertz CT molecular complexity index is 916. The van der Waals surface area contributed by atoms with Crippen molar-refractivity contribution in [2.24, 2.45) is 10.2 Å². The maximum absolute atomic E-state index is 11.1. The van der Waals surface area contributed by atoms with Gasteiger partial charge < -0.3 is 5.32 Å². The van der Waals surface area contributed by atoms with E-state index in [1.807, 2.05) is 13.0 Å². The van der Waals surface area contributed by atoms with Crippen molar-refractivity contribution in [3.8, 4) is 0 Å². The monoisotopic (exact) mass is 327 g/mol. The van der Waals surface area contributed by atoms with Crippen LogP contribution in [0.5, 0.6) is 0 Å². The lowest BCUT2D eigenvalue weighted by atomic mass is 10.3. The summed E-state index contributed by atoms with van der Waals surface area (Å²) < 4.78 is 1.79. The van der Waals surface area contributed by atoms with Gasteiger partial charge in [0.25, 0.3) is 0 Å². The van der Waals surface area contributed by atoms with Gasteiger partial charge in [-0.2, -0.15) is 0 Å². The van der Waals surface area contributed by atoms with E-state index in [1.165, 1.54) is 6.92 Å². The molecule has 2 aromatic heterocycles. The van der Waals surface area contributed by atoms with Gasteiger partial charge in [-0.15, -0.1) is 10.2 Å². The standard InChI is InChI=1S/C16H14ClN5O/c1-10-16(22-9-12(17)6-7-15(22)18-10)21-20-14-5-3-4-13(8-14)19-11(2)23/h3-9H,1-2H3,(H,19,23). The van der Waals surface area contributed by atoms with Crippen LogP contribution in [-0.4, -0.2) is 15.3 Å². The number of aromatic nitrogens is 2. The summed E-state index contributed by atoms with van der Waals surface area (Å²) in [7, 11) is 0. The number of carbonyl (C=O) groups is 1.